The molecule has 1 atom stereocenters. The molecule has 2 N–H and O–H groups in total. The van der Waals surface area contributed by atoms with Gasteiger partial charge in [0.1, 0.15) is 5.54 Å². The number of piperazine rings is 1. The fourth-order valence-electron chi connectivity index (χ4n) is 2.04. The third-order valence-corrected chi connectivity index (χ3v) is 4.14. The highest BCUT2D eigenvalue weighted by Crippen LogP contribution is 2.12. The molecule has 1 heterocycles. The smallest absolute Gasteiger partial charge is 0.329 e. The van der Waals surface area contributed by atoms with Crippen molar-refractivity contribution in [3.8, 4) is 0 Å². The molecule has 7 heteroatoms. The standard InChI is InChI=1S/C13H26N4O3/c1-13(2,11(18)19)17(5)12(20)14-8-10-9-15(3)6-7-16(10)4/h10H,6-9H2,1-5H3,(H,14,20)(H,18,19). The zero-order chi connectivity index (χ0) is 15.5. The summed E-state index contributed by atoms with van der Waals surface area (Å²) in [5.74, 6) is -1.02. The number of nitrogens with zero attached hydrogens (tertiary/aromatic N) is 3. The van der Waals surface area contributed by atoms with Gasteiger partial charge in [0.05, 0.1) is 0 Å². The van der Waals surface area contributed by atoms with Crippen LogP contribution in [0.4, 0.5) is 4.79 Å². The van der Waals surface area contributed by atoms with Crippen LogP contribution in [0, 0.1) is 0 Å². The van der Waals surface area contributed by atoms with Gasteiger partial charge in [0.2, 0.25) is 0 Å². The second-order valence-corrected chi connectivity index (χ2v) is 6.01. The Labute approximate surface area is 120 Å². The number of likely N-dealkylation sites (N-methyl/N-ethyl adjacent to an activating group) is 3. The summed E-state index contributed by atoms with van der Waals surface area (Å²) in [5.41, 5.74) is -1.22. The minimum Gasteiger partial charge on any atom is -0.480 e. The van der Waals surface area contributed by atoms with Crippen LogP contribution in [0.25, 0.3) is 0 Å². The lowest BCUT2D eigenvalue weighted by Crippen LogP contribution is -2.58. The first-order valence-corrected chi connectivity index (χ1v) is 6.80. The van der Waals surface area contributed by atoms with E-state index in [4.69, 9.17) is 5.11 Å². The molecule has 0 spiro atoms. The lowest BCUT2D eigenvalue weighted by atomic mass is 10.0. The van der Waals surface area contributed by atoms with Gasteiger partial charge in [0, 0.05) is 39.3 Å². The van der Waals surface area contributed by atoms with E-state index in [1.54, 1.807) is 0 Å². The SMILES string of the molecule is CN1CCN(C)C(CNC(=O)N(C)C(C)(C)C(=O)O)C1. The van der Waals surface area contributed by atoms with Gasteiger partial charge in [0.15, 0.2) is 0 Å². The van der Waals surface area contributed by atoms with Crippen molar-refractivity contribution in [3.05, 3.63) is 0 Å². The molecule has 0 radical (unpaired) electrons. The van der Waals surface area contributed by atoms with Crippen molar-refractivity contribution < 1.29 is 14.7 Å². The molecule has 0 aromatic heterocycles. The third-order valence-electron chi connectivity index (χ3n) is 4.14. The highest BCUT2D eigenvalue weighted by atomic mass is 16.4. The Morgan fingerprint density at radius 1 is 1.35 bits per heavy atom. The van der Waals surface area contributed by atoms with E-state index in [0.717, 1.165) is 19.6 Å². The number of aliphatic carboxylic acids is 1. The van der Waals surface area contributed by atoms with Gasteiger partial charge in [0.25, 0.3) is 0 Å². The second kappa shape index (κ2) is 6.41. The molecule has 20 heavy (non-hydrogen) atoms. The minimum absolute atomic E-state index is 0.249. The highest BCUT2D eigenvalue weighted by Gasteiger charge is 2.35. The maximum Gasteiger partial charge on any atom is 0.329 e. The van der Waals surface area contributed by atoms with Crippen molar-refractivity contribution in [1.29, 1.82) is 0 Å². The van der Waals surface area contributed by atoms with Crippen LogP contribution in [0.15, 0.2) is 0 Å². The first-order chi connectivity index (χ1) is 9.16. The molecule has 116 valence electrons. The van der Waals surface area contributed by atoms with Gasteiger partial charge < -0.3 is 20.2 Å². The largest absolute Gasteiger partial charge is 0.480 e. The van der Waals surface area contributed by atoms with Gasteiger partial charge in [-0.3, -0.25) is 4.90 Å². The van der Waals surface area contributed by atoms with Gasteiger partial charge in [-0.2, -0.15) is 0 Å². The van der Waals surface area contributed by atoms with E-state index in [0.29, 0.717) is 6.54 Å². The van der Waals surface area contributed by atoms with Crippen molar-refractivity contribution in [2.75, 3.05) is 47.3 Å². The number of urea groups is 1. The van der Waals surface area contributed by atoms with Gasteiger partial charge >= 0.3 is 12.0 Å². The number of carbonyl (C=O) groups is 2. The van der Waals surface area contributed by atoms with Crippen LogP contribution in [-0.4, -0.2) is 90.7 Å². The number of rotatable bonds is 4. The zero-order valence-electron chi connectivity index (χ0n) is 13.0. The molecule has 2 amide bonds. The Kier molecular flexibility index (Phi) is 5.35. The Balaban J connectivity index is 2.52. The van der Waals surface area contributed by atoms with E-state index >= 15 is 0 Å². The molecule has 0 bridgehead atoms. The van der Waals surface area contributed by atoms with E-state index in [-0.39, 0.29) is 12.1 Å². The number of hydrogen-bond acceptors (Lipinski definition) is 4. The minimum atomic E-state index is -1.22. The molecule has 1 saturated heterocycles. The number of amides is 2. The van der Waals surface area contributed by atoms with E-state index in [9.17, 15) is 9.59 Å². The Bertz CT molecular complexity index is 373. The van der Waals surface area contributed by atoms with Crippen molar-refractivity contribution in [3.63, 3.8) is 0 Å². The van der Waals surface area contributed by atoms with Crippen molar-refractivity contribution >= 4 is 12.0 Å². The van der Waals surface area contributed by atoms with E-state index in [2.05, 4.69) is 22.2 Å². The van der Waals surface area contributed by atoms with Crippen LogP contribution < -0.4 is 5.32 Å². The summed E-state index contributed by atoms with van der Waals surface area (Å²) >= 11 is 0. The van der Waals surface area contributed by atoms with Gasteiger partial charge in [-0.05, 0) is 27.9 Å². The van der Waals surface area contributed by atoms with Crippen LogP contribution in [0.2, 0.25) is 0 Å². The lowest BCUT2D eigenvalue weighted by Gasteiger charge is -2.38. The maximum absolute atomic E-state index is 12.0. The molecule has 0 aromatic carbocycles. The summed E-state index contributed by atoms with van der Waals surface area (Å²) in [6, 6.07) is -0.113. The summed E-state index contributed by atoms with van der Waals surface area (Å²) in [6.45, 7) is 6.41. The average Bonchev–Trinajstić information content (AvgIpc) is 2.38. The third kappa shape index (κ3) is 3.83. The van der Waals surface area contributed by atoms with Crippen LogP contribution in [0.5, 0.6) is 0 Å². The Morgan fingerprint density at radius 3 is 2.50 bits per heavy atom. The monoisotopic (exact) mass is 286 g/mol. The predicted octanol–water partition coefficient (Wildman–Crippen LogP) is -0.263. The number of hydrogen-bond donors (Lipinski definition) is 2. The summed E-state index contributed by atoms with van der Waals surface area (Å²) < 4.78 is 0. The number of carboxylic acid groups (broad SMARTS) is 1. The van der Waals surface area contributed by atoms with E-state index in [1.807, 2.05) is 7.05 Å². The summed E-state index contributed by atoms with van der Waals surface area (Å²) in [4.78, 5) is 28.8. The van der Waals surface area contributed by atoms with Crippen LogP contribution in [0.3, 0.4) is 0 Å². The maximum atomic E-state index is 12.0. The molecule has 0 aliphatic carbocycles. The number of carbonyl (C=O) groups excluding carboxylic acids is 1. The molecule has 0 aromatic rings. The number of carboxylic acids is 1. The fraction of sp³-hybridized carbons (Fsp3) is 0.846. The molecule has 1 aliphatic heterocycles. The topological polar surface area (TPSA) is 76.1 Å². The van der Waals surface area contributed by atoms with Crippen LogP contribution >= 0.6 is 0 Å². The van der Waals surface area contributed by atoms with Gasteiger partial charge in [-0.25, -0.2) is 9.59 Å². The predicted molar refractivity (Wildman–Crippen MR) is 76.8 cm³/mol. The normalized spacial score (nSPS) is 21.6. The van der Waals surface area contributed by atoms with E-state index < -0.39 is 11.5 Å². The molecule has 1 unspecified atom stereocenters. The molecular formula is C13H26N4O3. The van der Waals surface area contributed by atoms with Crippen molar-refractivity contribution in [1.82, 2.24) is 20.0 Å². The van der Waals surface area contributed by atoms with Gasteiger partial charge in [-0.15, -0.1) is 0 Å². The summed E-state index contributed by atoms with van der Waals surface area (Å²) in [5, 5.41) is 11.9. The first-order valence-electron chi connectivity index (χ1n) is 6.80. The lowest BCUT2D eigenvalue weighted by molar-refractivity contribution is -0.146. The highest BCUT2D eigenvalue weighted by molar-refractivity contribution is 5.85. The zero-order valence-corrected chi connectivity index (χ0v) is 13.0. The summed E-state index contributed by atoms with van der Waals surface area (Å²) in [6.07, 6.45) is 0. The molecular weight excluding hydrogens is 260 g/mol. The molecule has 1 fully saturated rings. The molecule has 0 saturated carbocycles. The first kappa shape index (κ1) is 16.7. The fourth-order valence-corrected chi connectivity index (χ4v) is 2.04. The molecule has 1 rings (SSSR count). The summed E-state index contributed by atoms with van der Waals surface area (Å²) in [7, 11) is 5.59. The number of nitrogens with one attached hydrogen (secondary N) is 1. The van der Waals surface area contributed by atoms with Crippen molar-refractivity contribution in [2.24, 2.45) is 0 Å². The average molecular weight is 286 g/mol. The van der Waals surface area contributed by atoms with Gasteiger partial charge in [-0.1, -0.05) is 0 Å². The Hall–Kier alpha value is -1.34. The van der Waals surface area contributed by atoms with Crippen LogP contribution in [-0.2, 0) is 4.79 Å². The molecule has 1 aliphatic rings. The quantitative estimate of drug-likeness (QED) is 0.744. The second-order valence-electron chi connectivity index (χ2n) is 6.01. The Morgan fingerprint density at radius 2 is 1.95 bits per heavy atom. The van der Waals surface area contributed by atoms with Crippen LogP contribution in [0.1, 0.15) is 13.8 Å². The molecule has 7 nitrogen and oxygen atoms in total. The van der Waals surface area contributed by atoms with Crippen molar-refractivity contribution in [2.45, 2.75) is 25.4 Å². The van der Waals surface area contributed by atoms with E-state index in [1.165, 1.54) is 25.8 Å².